The molecule has 0 fully saturated rings. The zero-order valence-corrected chi connectivity index (χ0v) is 11.1. The van der Waals surface area contributed by atoms with Crippen LogP contribution >= 0.6 is 0 Å². The third kappa shape index (κ3) is 3.13. The Morgan fingerprint density at radius 2 is 1.89 bits per heavy atom. The molecular formula is C16H17NO2. The number of benzene rings is 2. The molecule has 0 bridgehead atoms. The molecule has 0 saturated carbocycles. The van der Waals surface area contributed by atoms with Crippen LogP contribution in [0.1, 0.15) is 27.0 Å². The summed E-state index contributed by atoms with van der Waals surface area (Å²) in [6, 6.07) is 12.9. The van der Waals surface area contributed by atoms with Crippen LogP contribution in [0.2, 0.25) is 0 Å². The topological polar surface area (TPSA) is 49.3 Å². The minimum absolute atomic E-state index is 0.00730. The van der Waals surface area contributed by atoms with Gasteiger partial charge in [0, 0.05) is 6.54 Å². The van der Waals surface area contributed by atoms with Gasteiger partial charge in [-0.3, -0.25) is 4.79 Å². The van der Waals surface area contributed by atoms with E-state index >= 15 is 0 Å². The maximum absolute atomic E-state index is 12.0. The van der Waals surface area contributed by atoms with Crippen molar-refractivity contribution in [2.75, 3.05) is 0 Å². The van der Waals surface area contributed by atoms with Crippen molar-refractivity contribution in [3.8, 4) is 5.75 Å². The molecule has 0 unspecified atom stereocenters. The van der Waals surface area contributed by atoms with Crippen LogP contribution in [0.25, 0.3) is 0 Å². The summed E-state index contributed by atoms with van der Waals surface area (Å²) < 4.78 is 0. The van der Waals surface area contributed by atoms with Crippen molar-refractivity contribution in [3.63, 3.8) is 0 Å². The Morgan fingerprint density at radius 3 is 2.63 bits per heavy atom. The molecule has 0 spiro atoms. The van der Waals surface area contributed by atoms with Crippen LogP contribution in [0.3, 0.4) is 0 Å². The van der Waals surface area contributed by atoms with Gasteiger partial charge >= 0.3 is 0 Å². The molecule has 0 saturated heterocycles. The minimum atomic E-state index is -0.260. The average molecular weight is 255 g/mol. The van der Waals surface area contributed by atoms with E-state index in [1.807, 2.05) is 38.1 Å². The first kappa shape index (κ1) is 13.1. The first-order valence-electron chi connectivity index (χ1n) is 6.20. The van der Waals surface area contributed by atoms with E-state index in [0.29, 0.717) is 12.1 Å². The fourth-order valence-corrected chi connectivity index (χ4v) is 1.91. The van der Waals surface area contributed by atoms with Gasteiger partial charge in [-0.05, 0) is 37.1 Å². The second-order valence-corrected chi connectivity index (χ2v) is 4.63. The molecule has 2 aromatic rings. The molecule has 2 rings (SSSR count). The molecule has 0 radical (unpaired) electrons. The fourth-order valence-electron chi connectivity index (χ4n) is 1.91. The largest absolute Gasteiger partial charge is 0.507 e. The SMILES string of the molecule is Cc1ccc(O)c(C(=O)NCc2ccccc2C)c1. The van der Waals surface area contributed by atoms with Gasteiger partial charge in [-0.1, -0.05) is 35.9 Å². The number of phenolic OH excluding ortho intramolecular Hbond substituents is 1. The summed E-state index contributed by atoms with van der Waals surface area (Å²) in [6.07, 6.45) is 0. The normalized spacial score (nSPS) is 10.2. The van der Waals surface area contributed by atoms with E-state index in [9.17, 15) is 9.90 Å². The Morgan fingerprint density at radius 1 is 1.16 bits per heavy atom. The van der Waals surface area contributed by atoms with Crippen molar-refractivity contribution in [1.29, 1.82) is 0 Å². The molecule has 3 heteroatoms. The van der Waals surface area contributed by atoms with Crippen molar-refractivity contribution in [2.45, 2.75) is 20.4 Å². The van der Waals surface area contributed by atoms with Gasteiger partial charge < -0.3 is 10.4 Å². The average Bonchev–Trinajstić information content (AvgIpc) is 2.40. The second kappa shape index (κ2) is 5.57. The number of aryl methyl sites for hydroxylation is 2. The van der Waals surface area contributed by atoms with Gasteiger partial charge in [0.05, 0.1) is 5.56 Å². The number of nitrogens with one attached hydrogen (secondary N) is 1. The lowest BCUT2D eigenvalue weighted by Gasteiger charge is -2.09. The molecule has 0 aromatic heterocycles. The molecule has 0 atom stereocenters. The molecule has 3 nitrogen and oxygen atoms in total. The lowest BCUT2D eigenvalue weighted by atomic mass is 10.1. The highest BCUT2D eigenvalue weighted by atomic mass is 16.3. The van der Waals surface area contributed by atoms with E-state index in [2.05, 4.69) is 5.32 Å². The summed E-state index contributed by atoms with van der Waals surface area (Å²) in [4.78, 5) is 12.0. The summed E-state index contributed by atoms with van der Waals surface area (Å²) >= 11 is 0. The number of amides is 1. The van der Waals surface area contributed by atoms with E-state index in [-0.39, 0.29) is 11.7 Å². The molecule has 0 aliphatic heterocycles. The van der Waals surface area contributed by atoms with E-state index in [1.54, 1.807) is 12.1 Å². The van der Waals surface area contributed by atoms with E-state index in [4.69, 9.17) is 0 Å². The van der Waals surface area contributed by atoms with Crippen molar-refractivity contribution in [3.05, 3.63) is 64.7 Å². The van der Waals surface area contributed by atoms with Crippen LogP contribution in [0.5, 0.6) is 5.75 Å². The number of carbonyl (C=O) groups excluding carboxylic acids is 1. The molecule has 2 aromatic carbocycles. The van der Waals surface area contributed by atoms with Crippen LogP contribution in [0.4, 0.5) is 0 Å². The number of phenols is 1. The van der Waals surface area contributed by atoms with Gasteiger partial charge in [0.2, 0.25) is 0 Å². The van der Waals surface area contributed by atoms with Crippen molar-refractivity contribution < 1.29 is 9.90 Å². The monoisotopic (exact) mass is 255 g/mol. The van der Waals surface area contributed by atoms with E-state index < -0.39 is 0 Å². The Balaban J connectivity index is 2.10. The number of rotatable bonds is 3. The van der Waals surface area contributed by atoms with Crippen LogP contribution < -0.4 is 5.32 Å². The second-order valence-electron chi connectivity index (χ2n) is 4.63. The van der Waals surface area contributed by atoms with Crippen molar-refractivity contribution in [2.24, 2.45) is 0 Å². The molecule has 0 heterocycles. The summed E-state index contributed by atoms with van der Waals surface area (Å²) in [7, 11) is 0. The van der Waals surface area contributed by atoms with Gasteiger partial charge in [-0.25, -0.2) is 0 Å². The maximum atomic E-state index is 12.0. The fraction of sp³-hybridized carbons (Fsp3) is 0.188. The Hall–Kier alpha value is -2.29. The molecule has 0 aliphatic rings. The standard InChI is InChI=1S/C16H17NO2/c1-11-7-8-15(18)14(9-11)16(19)17-10-13-6-4-3-5-12(13)2/h3-9,18H,10H2,1-2H3,(H,17,19). The lowest BCUT2D eigenvalue weighted by molar-refractivity contribution is 0.0948. The summed E-state index contributed by atoms with van der Waals surface area (Å²) in [5, 5.41) is 12.5. The third-order valence-corrected chi connectivity index (χ3v) is 3.10. The zero-order valence-electron chi connectivity index (χ0n) is 11.1. The predicted octanol–water partition coefficient (Wildman–Crippen LogP) is 2.94. The van der Waals surface area contributed by atoms with E-state index in [1.165, 1.54) is 6.07 Å². The number of carbonyl (C=O) groups is 1. The van der Waals surface area contributed by atoms with Gasteiger partial charge in [-0.15, -0.1) is 0 Å². The van der Waals surface area contributed by atoms with Gasteiger partial charge in [0.15, 0.2) is 0 Å². The Kier molecular flexibility index (Phi) is 3.85. The van der Waals surface area contributed by atoms with Crippen LogP contribution in [0, 0.1) is 13.8 Å². The number of aromatic hydroxyl groups is 1. The first-order valence-corrected chi connectivity index (χ1v) is 6.20. The molecule has 1 amide bonds. The van der Waals surface area contributed by atoms with Gasteiger partial charge in [0.25, 0.3) is 5.91 Å². The van der Waals surface area contributed by atoms with Crippen LogP contribution in [0.15, 0.2) is 42.5 Å². The third-order valence-electron chi connectivity index (χ3n) is 3.10. The summed E-state index contributed by atoms with van der Waals surface area (Å²) in [5.41, 5.74) is 3.46. The smallest absolute Gasteiger partial charge is 0.255 e. The van der Waals surface area contributed by atoms with Crippen molar-refractivity contribution in [1.82, 2.24) is 5.32 Å². The Labute approximate surface area is 112 Å². The van der Waals surface area contributed by atoms with Crippen molar-refractivity contribution >= 4 is 5.91 Å². The Bertz CT molecular complexity index is 605. The molecular weight excluding hydrogens is 238 g/mol. The highest BCUT2D eigenvalue weighted by Gasteiger charge is 2.11. The maximum Gasteiger partial charge on any atom is 0.255 e. The summed E-state index contributed by atoms with van der Waals surface area (Å²) in [5.74, 6) is -0.252. The highest BCUT2D eigenvalue weighted by molar-refractivity contribution is 5.96. The first-order chi connectivity index (χ1) is 9.08. The number of hydrogen-bond donors (Lipinski definition) is 2. The highest BCUT2D eigenvalue weighted by Crippen LogP contribution is 2.18. The lowest BCUT2D eigenvalue weighted by Crippen LogP contribution is -2.23. The predicted molar refractivity (Wildman–Crippen MR) is 75.2 cm³/mol. The van der Waals surface area contributed by atoms with Crippen LogP contribution in [-0.4, -0.2) is 11.0 Å². The molecule has 19 heavy (non-hydrogen) atoms. The van der Waals surface area contributed by atoms with Crippen LogP contribution in [-0.2, 0) is 6.54 Å². The molecule has 98 valence electrons. The van der Waals surface area contributed by atoms with Gasteiger partial charge in [0.1, 0.15) is 5.75 Å². The van der Waals surface area contributed by atoms with E-state index in [0.717, 1.165) is 16.7 Å². The quantitative estimate of drug-likeness (QED) is 0.886. The summed E-state index contributed by atoms with van der Waals surface area (Å²) in [6.45, 7) is 4.35. The number of hydrogen-bond acceptors (Lipinski definition) is 2. The minimum Gasteiger partial charge on any atom is -0.507 e. The zero-order chi connectivity index (χ0) is 13.8. The molecule has 2 N–H and O–H groups in total. The molecule has 0 aliphatic carbocycles. The van der Waals surface area contributed by atoms with Gasteiger partial charge in [-0.2, -0.15) is 0 Å².